The number of carbonyl (C=O) groups excluding carboxylic acids is 1. The zero-order valence-electron chi connectivity index (χ0n) is 7.33. The molecule has 1 aliphatic carbocycles. The number of nitrogens with two attached hydrogens (primary N) is 1. The fraction of sp³-hybridized carbons (Fsp3) is 0.889. The summed E-state index contributed by atoms with van der Waals surface area (Å²) >= 11 is 0. The first-order valence-electron chi connectivity index (χ1n) is 4.81. The average molecular weight is 168 g/mol. The second-order valence-electron chi connectivity index (χ2n) is 3.92. The van der Waals surface area contributed by atoms with Crippen molar-refractivity contribution in [1.29, 1.82) is 0 Å². The van der Waals surface area contributed by atoms with Gasteiger partial charge < -0.3 is 10.6 Å². The van der Waals surface area contributed by atoms with Crippen LogP contribution in [0.25, 0.3) is 0 Å². The lowest BCUT2D eigenvalue weighted by Gasteiger charge is -2.26. The summed E-state index contributed by atoms with van der Waals surface area (Å²) in [7, 11) is 0. The number of nitrogens with zero attached hydrogens (tertiary/aromatic N) is 1. The number of carbonyl (C=O) groups is 1. The fourth-order valence-electron chi connectivity index (χ4n) is 2.50. The molecule has 3 nitrogen and oxygen atoms in total. The molecule has 68 valence electrons. The van der Waals surface area contributed by atoms with Gasteiger partial charge in [-0.05, 0) is 25.2 Å². The third-order valence-corrected chi connectivity index (χ3v) is 3.09. The van der Waals surface area contributed by atoms with Crippen molar-refractivity contribution in [3.05, 3.63) is 0 Å². The maximum atomic E-state index is 11.5. The molecule has 0 radical (unpaired) electrons. The Balaban J connectivity index is 1.93. The van der Waals surface area contributed by atoms with Crippen molar-refractivity contribution in [2.75, 3.05) is 13.1 Å². The first-order valence-corrected chi connectivity index (χ1v) is 4.81. The van der Waals surface area contributed by atoms with E-state index in [9.17, 15) is 4.79 Å². The third kappa shape index (κ3) is 1.22. The van der Waals surface area contributed by atoms with Gasteiger partial charge in [0.15, 0.2) is 0 Å². The Morgan fingerprint density at radius 2 is 2.33 bits per heavy atom. The van der Waals surface area contributed by atoms with E-state index in [0.717, 1.165) is 12.5 Å². The van der Waals surface area contributed by atoms with E-state index < -0.39 is 0 Å². The number of likely N-dealkylation sites (tertiary alicyclic amines) is 1. The van der Waals surface area contributed by atoms with E-state index in [2.05, 4.69) is 0 Å². The molecule has 3 heteroatoms. The molecule has 0 spiro atoms. The quantitative estimate of drug-likeness (QED) is 0.646. The summed E-state index contributed by atoms with van der Waals surface area (Å²) in [5.41, 5.74) is 5.35. The Kier molecular flexibility index (Phi) is 2.05. The molecule has 2 rings (SSSR count). The number of piperidine rings is 1. The predicted molar refractivity (Wildman–Crippen MR) is 46.5 cm³/mol. The van der Waals surface area contributed by atoms with Gasteiger partial charge in [0.1, 0.15) is 0 Å². The highest BCUT2D eigenvalue weighted by Crippen LogP contribution is 2.37. The van der Waals surface area contributed by atoms with Gasteiger partial charge in [0.2, 0.25) is 5.91 Å². The van der Waals surface area contributed by atoms with Crippen molar-refractivity contribution in [3.63, 3.8) is 0 Å². The second kappa shape index (κ2) is 3.05. The summed E-state index contributed by atoms with van der Waals surface area (Å²) < 4.78 is 0. The molecule has 2 bridgehead atoms. The number of fused-ring (bicyclic) bond motifs is 2. The Labute approximate surface area is 72.9 Å². The summed E-state index contributed by atoms with van der Waals surface area (Å²) in [6, 6.07) is 0.564. The van der Waals surface area contributed by atoms with E-state index in [-0.39, 0.29) is 5.91 Å². The largest absolute Gasteiger partial charge is 0.339 e. The Hall–Kier alpha value is -0.570. The molecule has 0 aromatic carbocycles. The van der Waals surface area contributed by atoms with E-state index in [0.29, 0.717) is 19.0 Å². The van der Waals surface area contributed by atoms with Gasteiger partial charge in [0, 0.05) is 25.6 Å². The molecule has 12 heavy (non-hydrogen) atoms. The minimum Gasteiger partial charge on any atom is -0.339 e. The molecule has 2 aliphatic rings. The highest BCUT2D eigenvalue weighted by molar-refractivity contribution is 5.77. The first-order chi connectivity index (χ1) is 5.81. The molecule has 2 atom stereocenters. The van der Waals surface area contributed by atoms with Gasteiger partial charge in [-0.3, -0.25) is 4.79 Å². The minimum atomic E-state index is 0.268. The Bertz CT molecular complexity index is 193. The molecule has 1 heterocycles. The molecule has 1 amide bonds. The number of amides is 1. The molecule has 2 N–H and O–H groups in total. The SMILES string of the molecule is NCCC(=O)N1C[C@H]2CC[C@H]1C2. The summed E-state index contributed by atoms with van der Waals surface area (Å²) in [5.74, 6) is 1.07. The van der Waals surface area contributed by atoms with E-state index in [1.165, 1.54) is 19.3 Å². The van der Waals surface area contributed by atoms with Gasteiger partial charge in [-0.15, -0.1) is 0 Å². The van der Waals surface area contributed by atoms with E-state index in [1.807, 2.05) is 4.90 Å². The monoisotopic (exact) mass is 168 g/mol. The van der Waals surface area contributed by atoms with Gasteiger partial charge in [0.05, 0.1) is 0 Å². The van der Waals surface area contributed by atoms with Crippen LogP contribution in [0, 0.1) is 5.92 Å². The third-order valence-electron chi connectivity index (χ3n) is 3.09. The smallest absolute Gasteiger partial charge is 0.224 e. The Morgan fingerprint density at radius 3 is 2.83 bits per heavy atom. The normalized spacial score (nSPS) is 32.9. The lowest BCUT2D eigenvalue weighted by molar-refractivity contribution is -0.132. The lowest BCUT2D eigenvalue weighted by Crippen LogP contribution is -2.38. The molecule has 2 fully saturated rings. The summed E-state index contributed by atoms with van der Waals surface area (Å²) in [6.45, 7) is 1.50. The Morgan fingerprint density at radius 1 is 1.50 bits per heavy atom. The molecule has 1 saturated heterocycles. The summed E-state index contributed by atoms with van der Waals surface area (Å²) in [4.78, 5) is 13.5. The number of hydrogen-bond acceptors (Lipinski definition) is 2. The zero-order chi connectivity index (χ0) is 8.55. The van der Waals surface area contributed by atoms with Crippen molar-refractivity contribution in [1.82, 2.24) is 4.90 Å². The number of hydrogen-bond donors (Lipinski definition) is 1. The maximum absolute atomic E-state index is 11.5. The number of rotatable bonds is 2. The van der Waals surface area contributed by atoms with Crippen LogP contribution in [0.2, 0.25) is 0 Å². The highest BCUT2D eigenvalue weighted by Gasteiger charge is 2.39. The molecule has 1 aliphatic heterocycles. The lowest BCUT2D eigenvalue weighted by atomic mass is 10.1. The van der Waals surface area contributed by atoms with E-state index in [4.69, 9.17) is 5.73 Å². The fourth-order valence-corrected chi connectivity index (χ4v) is 2.50. The molecule has 1 saturated carbocycles. The van der Waals surface area contributed by atoms with Gasteiger partial charge in [0.25, 0.3) is 0 Å². The van der Waals surface area contributed by atoms with Crippen LogP contribution in [0.15, 0.2) is 0 Å². The molecule has 0 unspecified atom stereocenters. The van der Waals surface area contributed by atoms with Crippen LogP contribution in [0.4, 0.5) is 0 Å². The van der Waals surface area contributed by atoms with Crippen LogP contribution < -0.4 is 5.73 Å². The molecule has 0 aromatic rings. The second-order valence-corrected chi connectivity index (χ2v) is 3.92. The van der Waals surface area contributed by atoms with Crippen molar-refractivity contribution in [3.8, 4) is 0 Å². The molecular formula is C9H16N2O. The standard InChI is InChI=1S/C9H16N2O/c10-4-3-9(12)11-6-7-1-2-8(11)5-7/h7-8H,1-6,10H2/t7-,8-/m0/s1. The minimum absolute atomic E-state index is 0.268. The molecule has 0 aromatic heterocycles. The van der Waals surface area contributed by atoms with Crippen molar-refractivity contribution >= 4 is 5.91 Å². The van der Waals surface area contributed by atoms with Crippen molar-refractivity contribution in [2.45, 2.75) is 31.7 Å². The summed E-state index contributed by atoms with van der Waals surface area (Å²) in [5, 5.41) is 0. The van der Waals surface area contributed by atoms with E-state index >= 15 is 0 Å². The van der Waals surface area contributed by atoms with Gasteiger partial charge in [-0.2, -0.15) is 0 Å². The maximum Gasteiger partial charge on any atom is 0.224 e. The van der Waals surface area contributed by atoms with Crippen molar-refractivity contribution in [2.24, 2.45) is 11.7 Å². The summed E-state index contributed by atoms with van der Waals surface area (Å²) in [6.07, 6.45) is 4.33. The van der Waals surface area contributed by atoms with E-state index in [1.54, 1.807) is 0 Å². The molecular weight excluding hydrogens is 152 g/mol. The van der Waals surface area contributed by atoms with Crippen LogP contribution in [0.1, 0.15) is 25.7 Å². The van der Waals surface area contributed by atoms with Crippen molar-refractivity contribution < 1.29 is 4.79 Å². The predicted octanol–water partition coefficient (Wildman–Crippen LogP) is 0.346. The van der Waals surface area contributed by atoms with Crippen LogP contribution in [-0.2, 0) is 4.79 Å². The van der Waals surface area contributed by atoms with Crippen LogP contribution >= 0.6 is 0 Å². The van der Waals surface area contributed by atoms with Gasteiger partial charge in [-0.25, -0.2) is 0 Å². The zero-order valence-corrected chi connectivity index (χ0v) is 7.33. The first kappa shape index (κ1) is 8.05. The van der Waals surface area contributed by atoms with Gasteiger partial charge >= 0.3 is 0 Å². The van der Waals surface area contributed by atoms with Crippen LogP contribution in [-0.4, -0.2) is 29.9 Å². The van der Waals surface area contributed by atoms with Gasteiger partial charge in [-0.1, -0.05) is 0 Å². The highest BCUT2D eigenvalue weighted by atomic mass is 16.2. The average Bonchev–Trinajstić information content (AvgIpc) is 2.64. The van der Waals surface area contributed by atoms with Crippen LogP contribution in [0.5, 0.6) is 0 Å². The van der Waals surface area contributed by atoms with Crippen LogP contribution in [0.3, 0.4) is 0 Å². The topological polar surface area (TPSA) is 46.3 Å².